The second kappa shape index (κ2) is 7.80. The number of hydrogen-bond donors (Lipinski definition) is 1. The molecule has 0 radical (unpaired) electrons. The molecule has 1 atom stereocenters. The largest absolute Gasteiger partial charge is 0.334 e. The summed E-state index contributed by atoms with van der Waals surface area (Å²) in [7, 11) is 1.98. The quantitative estimate of drug-likeness (QED) is 0.746. The molecule has 4 nitrogen and oxygen atoms in total. The molecule has 4 heteroatoms. The van der Waals surface area contributed by atoms with Crippen LogP contribution in [0, 0.1) is 0 Å². The van der Waals surface area contributed by atoms with E-state index in [4.69, 9.17) is 4.52 Å². The van der Waals surface area contributed by atoms with Crippen LogP contribution in [0.1, 0.15) is 44.3 Å². The molecule has 1 N–H and O–H groups in total. The van der Waals surface area contributed by atoms with E-state index in [0.717, 1.165) is 43.6 Å². The zero-order chi connectivity index (χ0) is 14.2. The van der Waals surface area contributed by atoms with Gasteiger partial charge in [-0.3, -0.25) is 0 Å². The maximum Gasteiger partial charge on any atom is 0.257 e. The lowest BCUT2D eigenvalue weighted by atomic mass is 9.97. The first kappa shape index (κ1) is 14.7. The summed E-state index contributed by atoms with van der Waals surface area (Å²) in [5.41, 5.74) is 0.983. The first-order valence-corrected chi connectivity index (χ1v) is 7.38. The smallest absolute Gasteiger partial charge is 0.257 e. The second-order valence-electron chi connectivity index (χ2n) is 5.06. The lowest BCUT2D eigenvalue weighted by Crippen LogP contribution is -2.10. The molecular weight excluding hydrogens is 250 g/mol. The van der Waals surface area contributed by atoms with Gasteiger partial charge in [0, 0.05) is 11.5 Å². The molecule has 0 spiro atoms. The van der Waals surface area contributed by atoms with Crippen LogP contribution in [0.15, 0.2) is 34.9 Å². The molecule has 20 heavy (non-hydrogen) atoms. The monoisotopic (exact) mass is 273 g/mol. The molecule has 0 saturated carbocycles. The SMILES string of the molecule is CCCC(CCCNC)c1noc(-c2ccccc2)n1. The maximum absolute atomic E-state index is 5.41. The minimum Gasteiger partial charge on any atom is -0.334 e. The molecule has 2 rings (SSSR count). The van der Waals surface area contributed by atoms with Gasteiger partial charge in [-0.1, -0.05) is 36.7 Å². The van der Waals surface area contributed by atoms with E-state index in [1.165, 1.54) is 0 Å². The molecule has 0 bridgehead atoms. The normalized spacial score (nSPS) is 12.5. The van der Waals surface area contributed by atoms with E-state index in [1.54, 1.807) is 0 Å². The van der Waals surface area contributed by atoms with Gasteiger partial charge < -0.3 is 9.84 Å². The van der Waals surface area contributed by atoms with E-state index >= 15 is 0 Å². The second-order valence-corrected chi connectivity index (χ2v) is 5.06. The van der Waals surface area contributed by atoms with E-state index < -0.39 is 0 Å². The summed E-state index contributed by atoms with van der Waals surface area (Å²) in [4.78, 5) is 4.58. The first-order chi connectivity index (χ1) is 9.85. The Morgan fingerprint density at radius 2 is 2.00 bits per heavy atom. The molecule has 1 unspecified atom stereocenters. The molecule has 1 heterocycles. The summed E-state index contributed by atoms with van der Waals surface area (Å²) in [5.74, 6) is 1.87. The Morgan fingerprint density at radius 3 is 2.70 bits per heavy atom. The van der Waals surface area contributed by atoms with Gasteiger partial charge in [-0.15, -0.1) is 0 Å². The van der Waals surface area contributed by atoms with Crippen molar-refractivity contribution in [1.82, 2.24) is 15.5 Å². The maximum atomic E-state index is 5.41. The van der Waals surface area contributed by atoms with E-state index in [0.29, 0.717) is 11.8 Å². The number of hydrogen-bond acceptors (Lipinski definition) is 4. The van der Waals surface area contributed by atoms with Crippen molar-refractivity contribution in [1.29, 1.82) is 0 Å². The van der Waals surface area contributed by atoms with Crippen LogP contribution in [-0.2, 0) is 0 Å². The Hall–Kier alpha value is -1.68. The molecule has 0 aliphatic heterocycles. The standard InChI is InChI=1S/C16H23N3O/c1-3-8-13(11-7-12-17-2)15-18-16(20-19-15)14-9-5-4-6-10-14/h4-6,9-10,13,17H,3,7-8,11-12H2,1-2H3. The van der Waals surface area contributed by atoms with Crippen LogP contribution in [0.25, 0.3) is 11.5 Å². The summed E-state index contributed by atoms with van der Waals surface area (Å²) in [6.07, 6.45) is 4.48. The summed E-state index contributed by atoms with van der Waals surface area (Å²) in [6.45, 7) is 3.23. The van der Waals surface area contributed by atoms with Gasteiger partial charge in [0.15, 0.2) is 5.82 Å². The third-order valence-electron chi connectivity index (χ3n) is 3.44. The van der Waals surface area contributed by atoms with E-state index in [1.807, 2.05) is 37.4 Å². The van der Waals surface area contributed by atoms with Crippen molar-refractivity contribution in [3.8, 4) is 11.5 Å². The van der Waals surface area contributed by atoms with Gasteiger partial charge in [0.1, 0.15) is 0 Å². The van der Waals surface area contributed by atoms with Gasteiger partial charge in [0.2, 0.25) is 0 Å². The summed E-state index contributed by atoms with van der Waals surface area (Å²) in [6, 6.07) is 9.93. The fourth-order valence-electron chi connectivity index (χ4n) is 2.37. The molecule has 1 aromatic carbocycles. The zero-order valence-electron chi connectivity index (χ0n) is 12.3. The Morgan fingerprint density at radius 1 is 1.20 bits per heavy atom. The van der Waals surface area contributed by atoms with Crippen LogP contribution >= 0.6 is 0 Å². The molecule has 0 amide bonds. The highest BCUT2D eigenvalue weighted by Crippen LogP contribution is 2.26. The van der Waals surface area contributed by atoms with Crippen LogP contribution in [0.3, 0.4) is 0 Å². The lowest BCUT2D eigenvalue weighted by Gasteiger charge is -2.11. The van der Waals surface area contributed by atoms with E-state index in [9.17, 15) is 0 Å². The predicted molar refractivity (Wildman–Crippen MR) is 80.5 cm³/mol. The number of nitrogens with one attached hydrogen (secondary N) is 1. The molecule has 108 valence electrons. The molecule has 0 saturated heterocycles. The van der Waals surface area contributed by atoms with Crippen molar-refractivity contribution in [2.75, 3.05) is 13.6 Å². The number of benzene rings is 1. The van der Waals surface area contributed by atoms with Gasteiger partial charge in [-0.25, -0.2) is 0 Å². The number of nitrogens with zero attached hydrogens (tertiary/aromatic N) is 2. The van der Waals surface area contributed by atoms with Crippen molar-refractivity contribution < 1.29 is 4.52 Å². The fraction of sp³-hybridized carbons (Fsp3) is 0.500. The molecule has 0 aliphatic carbocycles. The Labute approximate surface area is 120 Å². The van der Waals surface area contributed by atoms with Gasteiger partial charge in [-0.2, -0.15) is 4.98 Å². The Kier molecular flexibility index (Phi) is 5.74. The average molecular weight is 273 g/mol. The van der Waals surface area contributed by atoms with Crippen molar-refractivity contribution in [2.45, 2.75) is 38.5 Å². The van der Waals surface area contributed by atoms with Gasteiger partial charge >= 0.3 is 0 Å². The van der Waals surface area contributed by atoms with Gasteiger partial charge in [0.25, 0.3) is 5.89 Å². The lowest BCUT2D eigenvalue weighted by molar-refractivity contribution is 0.406. The fourth-order valence-corrected chi connectivity index (χ4v) is 2.37. The van der Waals surface area contributed by atoms with Crippen LogP contribution in [0.2, 0.25) is 0 Å². The topological polar surface area (TPSA) is 51.0 Å². The summed E-state index contributed by atoms with van der Waals surface area (Å²) < 4.78 is 5.41. The highest BCUT2D eigenvalue weighted by molar-refractivity contribution is 5.52. The third-order valence-corrected chi connectivity index (χ3v) is 3.44. The van der Waals surface area contributed by atoms with Crippen LogP contribution in [0.4, 0.5) is 0 Å². The minimum absolute atomic E-state index is 0.398. The van der Waals surface area contributed by atoms with Crippen molar-refractivity contribution in [3.05, 3.63) is 36.2 Å². The third kappa shape index (κ3) is 3.90. The first-order valence-electron chi connectivity index (χ1n) is 7.38. The van der Waals surface area contributed by atoms with E-state index in [2.05, 4.69) is 22.4 Å². The summed E-state index contributed by atoms with van der Waals surface area (Å²) >= 11 is 0. The summed E-state index contributed by atoms with van der Waals surface area (Å²) in [5, 5.41) is 7.37. The zero-order valence-corrected chi connectivity index (χ0v) is 12.3. The van der Waals surface area contributed by atoms with Crippen molar-refractivity contribution in [2.24, 2.45) is 0 Å². The highest BCUT2D eigenvalue weighted by Gasteiger charge is 2.17. The van der Waals surface area contributed by atoms with E-state index in [-0.39, 0.29) is 0 Å². The molecule has 0 aliphatic rings. The number of rotatable bonds is 8. The highest BCUT2D eigenvalue weighted by atomic mass is 16.5. The molecule has 2 aromatic rings. The number of aromatic nitrogens is 2. The van der Waals surface area contributed by atoms with Crippen molar-refractivity contribution in [3.63, 3.8) is 0 Å². The molecule has 0 fully saturated rings. The minimum atomic E-state index is 0.398. The Balaban J connectivity index is 2.08. The Bertz CT molecular complexity index is 495. The van der Waals surface area contributed by atoms with Crippen LogP contribution in [-0.4, -0.2) is 23.7 Å². The van der Waals surface area contributed by atoms with Crippen LogP contribution < -0.4 is 5.32 Å². The predicted octanol–water partition coefficient (Wildman–Crippen LogP) is 3.62. The van der Waals surface area contributed by atoms with Crippen molar-refractivity contribution >= 4 is 0 Å². The van der Waals surface area contributed by atoms with Crippen LogP contribution in [0.5, 0.6) is 0 Å². The van der Waals surface area contributed by atoms with Gasteiger partial charge in [-0.05, 0) is 45.0 Å². The molecular formula is C16H23N3O. The average Bonchev–Trinajstić information content (AvgIpc) is 2.97. The molecule has 1 aromatic heterocycles. The van der Waals surface area contributed by atoms with Gasteiger partial charge in [0.05, 0.1) is 0 Å².